The molecule has 0 aromatic carbocycles. The molecule has 0 saturated heterocycles. The van der Waals surface area contributed by atoms with Crippen molar-refractivity contribution in [2.24, 2.45) is 0 Å². The number of esters is 1. The topological polar surface area (TPSA) is 85.5 Å². The van der Waals surface area contributed by atoms with Gasteiger partial charge in [-0.25, -0.2) is 0 Å². The minimum atomic E-state index is -0.317. The second-order valence-corrected chi connectivity index (χ2v) is 4.65. The highest BCUT2D eigenvalue weighted by atomic mass is 16.5. The van der Waals surface area contributed by atoms with E-state index in [1.54, 1.807) is 4.90 Å². The highest BCUT2D eigenvalue weighted by molar-refractivity contribution is 5.77. The van der Waals surface area contributed by atoms with E-state index >= 15 is 0 Å². The van der Waals surface area contributed by atoms with E-state index in [2.05, 4.69) is 14.9 Å². The number of carbonyl (C=O) groups is 2. The molecule has 0 N–H and O–H groups in total. The van der Waals surface area contributed by atoms with Crippen molar-refractivity contribution in [3.63, 3.8) is 0 Å². The molecule has 0 bridgehead atoms. The molecule has 0 aliphatic heterocycles. The largest absolute Gasteiger partial charge is 0.469 e. The number of nitrogens with zero attached hydrogens (tertiary/aromatic N) is 3. The molecule has 118 valence electrons. The number of hydrogen-bond acceptors (Lipinski definition) is 6. The lowest BCUT2D eigenvalue weighted by molar-refractivity contribution is -0.141. The number of methoxy groups -OCH3 is 1. The van der Waals surface area contributed by atoms with E-state index in [1.165, 1.54) is 7.11 Å². The first-order chi connectivity index (χ1) is 10.1. The van der Waals surface area contributed by atoms with Gasteiger partial charge in [0.05, 0.1) is 13.5 Å². The van der Waals surface area contributed by atoms with E-state index in [4.69, 9.17) is 4.52 Å². The molecule has 0 unspecified atom stereocenters. The minimum Gasteiger partial charge on any atom is -0.469 e. The Morgan fingerprint density at radius 1 is 1.24 bits per heavy atom. The van der Waals surface area contributed by atoms with Crippen LogP contribution in [0.4, 0.5) is 0 Å². The van der Waals surface area contributed by atoms with Gasteiger partial charge in [0, 0.05) is 32.4 Å². The van der Waals surface area contributed by atoms with Crippen molar-refractivity contribution in [2.45, 2.75) is 46.0 Å². The number of aromatic nitrogens is 2. The van der Waals surface area contributed by atoms with Gasteiger partial charge in [0.25, 0.3) is 0 Å². The molecule has 0 saturated carbocycles. The summed E-state index contributed by atoms with van der Waals surface area (Å²) in [5, 5.41) is 3.85. The van der Waals surface area contributed by atoms with Crippen LogP contribution in [0.3, 0.4) is 0 Å². The van der Waals surface area contributed by atoms with Gasteiger partial charge in [-0.05, 0) is 13.3 Å². The third-order valence-electron chi connectivity index (χ3n) is 3.08. The van der Waals surface area contributed by atoms with Crippen LogP contribution in [-0.4, -0.2) is 47.1 Å². The summed E-state index contributed by atoms with van der Waals surface area (Å²) < 4.78 is 9.66. The second kappa shape index (κ2) is 9.10. The molecule has 1 amide bonds. The zero-order chi connectivity index (χ0) is 15.7. The van der Waals surface area contributed by atoms with E-state index in [-0.39, 0.29) is 18.3 Å². The predicted octanol–water partition coefficient (Wildman–Crippen LogP) is 1.37. The molecule has 1 rings (SSSR count). The molecule has 0 radical (unpaired) electrons. The minimum absolute atomic E-state index is 0.0309. The van der Waals surface area contributed by atoms with E-state index in [0.717, 1.165) is 12.8 Å². The zero-order valence-corrected chi connectivity index (χ0v) is 12.9. The molecule has 0 spiro atoms. The quantitative estimate of drug-likeness (QED) is 0.640. The van der Waals surface area contributed by atoms with Crippen LogP contribution < -0.4 is 0 Å². The van der Waals surface area contributed by atoms with Gasteiger partial charge in [-0.3, -0.25) is 9.59 Å². The molecule has 0 fully saturated rings. The molecule has 0 atom stereocenters. The van der Waals surface area contributed by atoms with E-state index in [9.17, 15) is 9.59 Å². The fourth-order valence-corrected chi connectivity index (χ4v) is 1.88. The fourth-order valence-electron chi connectivity index (χ4n) is 1.88. The lowest BCUT2D eigenvalue weighted by atomic mass is 10.2. The third-order valence-corrected chi connectivity index (χ3v) is 3.08. The molecule has 1 aromatic rings. The summed E-state index contributed by atoms with van der Waals surface area (Å²) in [5.41, 5.74) is 0. The van der Waals surface area contributed by atoms with Gasteiger partial charge >= 0.3 is 5.97 Å². The average molecular weight is 297 g/mol. The number of carbonyl (C=O) groups excluding carboxylic acids is 2. The summed E-state index contributed by atoms with van der Waals surface area (Å²) in [7, 11) is 1.34. The monoisotopic (exact) mass is 297 g/mol. The highest BCUT2D eigenvalue weighted by Gasteiger charge is 2.15. The lowest BCUT2D eigenvalue weighted by Crippen LogP contribution is -2.33. The number of amides is 1. The SMILES string of the molecule is CCCc1noc(CCC(=O)N(CC)CCC(=O)OC)n1. The Bertz CT molecular complexity index is 459. The van der Waals surface area contributed by atoms with Crippen LogP contribution in [0.15, 0.2) is 4.52 Å². The maximum Gasteiger partial charge on any atom is 0.307 e. The number of rotatable bonds is 9. The number of hydrogen-bond donors (Lipinski definition) is 0. The molecule has 7 nitrogen and oxygen atoms in total. The van der Waals surface area contributed by atoms with Crippen LogP contribution in [0, 0.1) is 0 Å². The van der Waals surface area contributed by atoms with E-state index < -0.39 is 0 Å². The number of ether oxygens (including phenoxy) is 1. The van der Waals surface area contributed by atoms with Gasteiger partial charge in [0.2, 0.25) is 11.8 Å². The summed E-state index contributed by atoms with van der Waals surface area (Å²) in [4.78, 5) is 29.0. The zero-order valence-electron chi connectivity index (χ0n) is 12.9. The Morgan fingerprint density at radius 3 is 2.62 bits per heavy atom. The Hall–Kier alpha value is -1.92. The van der Waals surface area contributed by atoms with Crippen molar-refractivity contribution in [1.29, 1.82) is 0 Å². The van der Waals surface area contributed by atoms with Crippen LogP contribution in [0.2, 0.25) is 0 Å². The average Bonchev–Trinajstić information content (AvgIpc) is 2.93. The van der Waals surface area contributed by atoms with E-state index in [0.29, 0.717) is 37.6 Å². The lowest BCUT2D eigenvalue weighted by Gasteiger charge is -2.19. The standard InChI is InChI=1S/C14H23N3O4/c1-4-6-11-15-12(21-16-11)7-8-13(18)17(5-2)10-9-14(19)20-3/h4-10H2,1-3H3. The molecule has 7 heteroatoms. The van der Waals surface area contributed by atoms with Gasteiger partial charge in [-0.2, -0.15) is 4.98 Å². The molecule has 1 aromatic heterocycles. The molecular formula is C14H23N3O4. The Balaban J connectivity index is 2.40. The van der Waals surface area contributed by atoms with Crippen LogP contribution >= 0.6 is 0 Å². The first-order valence-electron chi connectivity index (χ1n) is 7.26. The highest BCUT2D eigenvalue weighted by Crippen LogP contribution is 2.05. The molecular weight excluding hydrogens is 274 g/mol. The molecule has 21 heavy (non-hydrogen) atoms. The van der Waals surface area contributed by atoms with Crippen molar-refractivity contribution in [3.05, 3.63) is 11.7 Å². The molecule has 1 heterocycles. The predicted molar refractivity (Wildman–Crippen MR) is 75.5 cm³/mol. The Morgan fingerprint density at radius 2 is 2.00 bits per heavy atom. The van der Waals surface area contributed by atoms with Crippen LogP contribution in [0.5, 0.6) is 0 Å². The summed E-state index contributed by atoms with van der Waals surface area (Å²) in [6.07, 6.45) is 2.65. The smallest absolute Gasteiger partial charge is 0.307 e. The van der Waals surface area contributed by atoms with E-state index in [1.807, 2.05) is 13.8 Å². The van der Waals surface area contributed by atoms with Crippen molar-refractivity contribution in [3.8, 4) is 0 Å². The summed E-state index contributed by atoms with van der Waals surface area (Å²) >= 11 is 0. The number of aryl methyl sites for hydroxylation is 2. The molecule has 0 aliphatic rings. The third kappa shape index (κ3) is 5.93. The second-order valence-electron chi connectivity index (χ2n) is 4.65. The van der Waals surface area contributed by atoms with Gasteiger partial charge in [0.15, 0.2) is 5.82 Å². The molecule has 0 aliphatic carbocycles. The first-order valence-corrected chi connectivity index (χ1v) is 7.26. The summed E-state index contributed by atoms with van der Waals surface area (Å²) in [6, 6.07) is 0. The summed E-state index contributed by atoms with van der Waals surface area (Å²) in [6.45, 7) is 4.84. The van der Waals surface area contributed by atoms with Gasteiger partial charge < -0.3 is 14.2 Å². The van der Waals surface area contributed by atoms with Crippen molar-refractivity contribution in [1.82, 2.24) is 15.0 Å². The summed E-state index contributed by atoms with van der Waals surface area (Å²) in [5.74, 6) is 0.813. The van der Waals surface area contributed by atoms with Crippen LogP contribution in [0.25, 0.3) is 0 Å². The van der Waals surface area contributed by atoms with Crippen molar-refractivity contribution >= 4 is 11.9 Å². The Kier molecular flexibility index (Phi) is 7.42. The van der Waals surface area contributed by atoms with Crippen LogP contribution in [-0.2, 0) is 27.2 Å². The maximum absolute atomic E-state index is 12.1. The van der Waals surface area contributed by atoms with Gasteiger partial charge in [-0.15, -0.1) is 0 Å². The Labute approximate surface area is 124 Å². The van der Waals surface area contributed by atoms with Gasteiger partial charge in [0.1, 0.15) is 0 Å². The first kappa shape index (κ1) is 17.1. The van der Waals surface area contributed by atoms with Crippen molar-refractivity contribution in [2.75, 3.05) is 20.2 Å². The van der Waals surface area contributed by atoms with Crippen LogP contribution in [0.1, 0.15) is 44.8 Å². The normalized spacial score (nSPS) is 10.4. The maximum atomic E-state index is 12.1. The van der Waals surface area contributed by atoms with Crippen molar-refractivity contribution < 1.29 is 18.8 Å². The fraction of sp³-hybridized carbons (Fsp3) is 0.714. The van der Waals surface area contributed by atoms with Gasteiger partial charge in [-0.1, -0.05) is 12.1 Å².